The van der Waals surface area contributed by atoms with E-state index in [-0.39, 0.29) is 18.4 Å². The molecule has 3 N–H and O–H groups in total. The Morgan fingerprint density at radius 1 is 1.50 bits per heavy atom. The molecule has 4 heteroatoms. The first-order chi connectivity index (χ1) is 7.50. The molecular weight excluding hydrogens is 226 g/mol. The van der Waals surface area contributed by atoms with Crippen molar-refractivity contribution >= 4 is 17.6 Å². The molecule has 0 saturated heterocycles. The van der Waals surface area contributed by atoms with Crippen LogP contribution in [-0.4, -0.2) is 17.1 Å². The van der Waals surface area contributed by atoms with E-state index >= 15 is 0 Å². The Hall–Kier alpha value is -1.06. The quantitative estimate of drug-likeness (QED) is 0.832. The van der Waals surface area contributed by atoms with Crippen molar-refractivity contribution < 1.29 is 9.90 Å². The minimum Gasteiger partial charge on any atom is -0.481 e. The average Bonchev–Trinajstić information content (AvgIpc) is 2.20. The van der Waals surface area contributed by atoms with Gasteiger partial charge in [0.1, 0.15) is 0 Å². The molecule has 0 fully saturated rings. The molecule has 1 aromatic carbocycles. The number of carbonyl (C=O) groups is 1. The predicted octanol–water partition coefficient (Wildman–Crippen LogP) is 2.32. The van der Waals surface area contributed by atoms with E-state index in [0.717, 1.165) is 5.56 Å². The SMILES string of the molecule is CC(Cc1ccccc1Cl)C(N)CC(=O)O. The van der Waals surface area contributed by atoms with Gasteiger partial charge >= 0.3 is 5.97 Å². The first-order valence-electron chi connectivity index (χ1n) is 5.21. The van der Waals surface area contributed by atoms with Crippen molar-refractivity contribution in [1.82, 2.24) is 0 Å². The molecule has 2 atom stereocenters. The fourth-order valence-corrected chi connectivity index (χ4v) is 1.78. The Labute approximate surface area is 100 Å². The van der Waals surface area contributed by atoms with Crippen LogP contribution in [0.15, 0.2) is 24.3 Å². The summed E-state index contributed by atoms with van der Waals surface area (Å²) >= 11 is 6.02. The van der Waals surface area contributed by atoms with Gasteiger partial charge in [-0.15, -0.1) is 0 Å². The van der Waals surface area contributed by atoms with E-state index in [9.17, 15) is 4.79 Å². The Balaban J connectivity index is 2.60. The van der Waals surface area contributed by atoms with E-state index in [1.807, 2.05) is 31.2 Å². The molecule has 0 bridgehead atoms. The fourth-order valence-electron chi connectivity index (χ4n) is 1.57. The van der Waals surface area contributed by atoms with Crippen molar-refractivity contribution in [2.45, 2.75) is 25.8 Å². The third-order valence-electron chi connectivity index (χ3n) is 2.64. The van der Waals surface area contributed by atoms with Crippen LogP contribution >= 0.6 is 11.6 Å². The summed E-state index contributed by atoms with van der Waals surface area (Å²) in [5.41, 5.74) is 6.80. The second-order valence-electron chi connectivity index (χ2n) is 4.03. The topological polar surface area (TPSA) is 63.3 Å². The molecule has 0 aliphatic carbocycles. The van der Waals surface area contributed by atoms with E-state index in [4.69, 9.17) is 22.4 Å². The molecule has 0 aromatic heterocycles. The van der Waals surface area contributed by atoms with Gasteiger partial charge in [0.2, 0.25) is 0 Å². The third kappa shape index (κ3) is 3.83. The third-order valence-corrected chi connectivity index (χ3v) is 3.01. The summed E-state index contributed by atoms with van der Waals surface area (Å²) < 4.78 is 0. The van der Waals surface area contributed by atoms with E-state index in [0.29, 0.717) is 11.4 Å². The molecule has 0 spiro atoms. The first kappa shape index (κ1) is 13.0. The normalized spacial score (nSPS) is 14.4. The fraction of sp³-hybridized carbons (Fsp3) is 0.417. The van der Waals surface area contributed by atoms with Crippen LogP contribution in [0.25, 0.3) is 0 Å². The number of rotatable bonds is 5. The highest BCUT2D eigenvalue weighted by Gasteiger charge is 2.17. The standard InChI is InChI=1S/C12H16ClNO2/c1-8(11(14)7-12(15)16)6-9-4-2-3-5-10(9)13/h2-5,8,11H,6-7,14H2,1H3,(H,15,16). The van der Waals surface area contributed by atoms with Gasteiger partial charge in [-0.05, 0) is 24.0 Å². The van der Waals surface area contributed by atoms with E-state index in [1.165, 1.54) is 0 Å². The second kappa shape index (κ2) is 5.87. The maximum absolute atomic E-state index is 10.5. The van der Waals surface area contributed by atoms with Crippen LogP contribution in [0.1, 0.15) is 18.9 Å². The van der Waals surface area contributed by atoms with Gasteiger partial charge in [-0.1, -0.05) is 36.7 Å². The molecule has 88 valence electrons. The van der Waals surface area contributed by atoms with Crippen LogP contribution in [0.3, 0.4) is 0 Å². The number of hydrogen-bond donors (Lipinski definition) is 2. The second-order valence-corrected chi connectivity index (χ2v) is 4.44. The van der Waals surface area contributed by atoms with Crippen LogP contribution in [0.2, 0.25) is 5.02 Å². The Morgan fingerprint density at radius 2 is 2.12 bits per heavy atom. The lowest BCUT2D eigenvalue weighted by Crippen LogP contribution is -2.32. The number of carboxylic acid groups (broad SMARTS) is 1. The van der Waals surface area contributed by atoms with Crippen LogP contribution < -0.4 is 5.73 Å². The minimum absolute atomic E-state index is 0.00831. The van der Waals surface area contributed by atoms with E-state index in [2.05, 4.69) is 0 Å². The van der Waals surface area contributed by atoms with Crippen molar-refractivity contribution in [2.75, 3.05) is 0 Å². The lowest BCUT2D eigenvalue weighted by molar-refractivity contribution is -0.137. The summed E-state index contributed by atoms with van der Waals surface area (Å²) in [7, 11) is 0. The lowest BCUT2D eigenvalue weighted by Gasteiger charge is -2.18. The summed E-state index contributed by atoms with van der Waals surface area (Å²) in [5.74, 6) is -0.769. The summed E-state index contributed by atoms with van der Waals surface area (Å²) in [6, 6.07) is 7.21. The lowest BCUT2D eigenvalue weighted by atomic mass is 9.92. The molecule has 1 rings (SSSR count). The Bertz CT molecular complexity index is 368. The van der Waals surface area contributed by atoms with Gasteiger partial charge in [-0.3, -0.25) is 4.79 Å². The average molecular weight is 242 g/mol. The van der Waals surface area contributed by atoms with Crippen molar-refractivity contribution in [2.24, 2.45) is 11.7 Å². The van der Waals surface area contributed by atoms with Gasteiger partial charge in [0.15, 0.2) is 0 Å². The summed E-state index contributed by atoms with van der Waals surface area (Å²) in [5, 5.41) is 9.35. The molecule has 0 aliphatic heterocycles. The Morgan fingerprint density at radius 3 is 2.69 bits per heavy atom. The van der Waals surface area contributed by atoms with Gasteiger partial charge in [0.25, 0.3) is 0 Å². The zero-order chi connectivity index (χ0) is 12.1. The van der Waals surface area contributed by atoms with Crippen LogP contribution in [-0.2, 0) is 11.2 Å². The zero-order valence-electron chi connectivity index (χ0n) is 9.19. The molecule has 0 radical (unpaired) electrons. The number of hydrogen-bond acceptors (Lipinski definition) is 2. The molecular formula is C12H16ClNO2. The number of aliphatic carboxylic acids is 1. The van der Waals surface area contributed by atoms with Gasteiger partial charge < -0.3 is 10.8 Å². The van der Waals surface area contributed by atoms with E-state index in [1.54, 1.807) is 0 Å². The maximum Gasteiger partial charge on any atom is 0.304 e. The minimum atomic E-state index is -0.862. The molecule has 16 heavy (non-hydrogen) atoms. The number of benzene rings is 1. The molecule has 0 aliphatic rings. The van der Waals surface area contributed by atoms with Gasteiger partial charge in [-0.2, -0.15) is 0 Å². The molecule has 0 heterocycles. The van der Waals surface area contributed by atoms with Crippen molar-refractivity contribution in [3.05, 3.63) is 34.9 Å². The highest BCUT2D eigenvalue weighted by atomic mass is 35.5. The molecule has 3 nitrogen and oxygen atoms in total. The smallest absolute Gasteiger partial charge is 0.304 e. The molecule has 0 amide bonds. The van der Waals surface area contributed by atoms with Gasteiger partial charge in [-0.25, -0.2) is 0 Å². The first-order valence-corrected chi connectivity index (χ1v) is 5.59. The molecule has 0 saturated carbocycles. The largest absolute Gasteiger partial charge is 0.481 e. The van der Waals surface area contributed by atoms with Crippen LogP contribution in [0.5, 0.6) is 0 Å². The van der Waals surface area contributed by atoms with Crippen molar-refractivity contribution in [1.29, 1.82) is 0 Å². The van der Waals surface area contributed by atoms with Crippen molar-refractivity contribution in [3.8, 4) is 0 Å². The van der Waals surface area contributed by atoms with Crippen molar-refractivity contribution in [3.63, 3.8) is 0 Å². The van der Waals surface area contributed by atoms with Crippen LogP contribution in [0, 0.1) is 5.92 Å². The number of nitrogens with two attached hydrogens (primary N) is 1. The number of carboxylic acids is 1. The van der Waals surface area contributed by atoms with Gasteiger partial charge in [0, 0.05) is 11.1 Å². The highest BCUT2D eigenvalue weighted by molar-refractivity contribution is 6.31. The molecule has 2 unspecified atom stereocenters. The highest BCUT2D eigenvalue weighted by Crippen LogP contribution is 2.20. The summed E-state index contributed by atoms with van der Waals surface area (Å²) in [6.45, 7) is 1.94. The van der Waals surface area contributed by atoms with E-state index < -0.39 is 5.97 Å². The summed E-state index contributed by atoms with van der Waals surface area (Å²) in [4.78, 5) is 10.5. The van der Waals surface area contributed by atoms with Gasteiger partial charge in [0.05, 0.1) is 6.42 Å². The monoisotopic (exact) mass is 241 g/mol. The summed E-state index contributed by atoms with van der Waals surface area (Å²) in [6.07, 6.45) is 0.694. The zero-order valence-corrected chi connectivity index (χ0v) is 9.95. The predicted molar refractivity (Wildman–Crippen MR) is 64.5 cm³/mol. The number of halogens is 1. The maximum atomic E-state index is 10.5. The molecule has 1 aromatic rings. The Kier molecular flexibility index (Phi) is 4.77. The van der Waals surface area contributed by atoms with Crippen LogP contribution in [0.4, 0.5) is 0 Å².